The number of pyridine rings is 2. The zero-order chi connectivity index (χ0) is 24.2. The van der Waals surface area contributed by atoms with Gasteiger partial charge in [-0.2, -0.15) is 5.48 Å². The summed E-state index contributed by atoms with van der Waals surface area (Å²) in [5, 5.41) is 11.8. The van der Waals surface area contributed by atoms with E-state index in [9.17, 15) is 19.5 Å². The average Bonchev–Trinajstić information content (AvgIpc) is 3.19. The molecule has 0 spiro atoms. The minimum Gasteiger partial charge on any atom is -0.458 e. The number of aromatic nitrogens is 2. The van der Waals surface area contributed by atoms with Gasteiger partial charge in [-0.25, -0.2) is 14.6 Å². The Kier molecular flexibility index (Phi) is 5.14. The third-order valence-electron chi connectivity index (χ3n) is 6.53. The van der Waals surface area contributed by atoms with Gasteiger partial charge in [-0.15, -0.1) is 0 Å². The summed E-state index contributed by atoms with van der Waals surface area (Å²) >= 11 is 0. The molecule has 4 heterocycles. The van der Waals surface area contributed by atoms with E-state index in [0.29, 0.717) is 35.6 Å². The van der Waals surface area contributed by atoms with Crippen LogP contribution in [-0.4, -0.2) is 33.8 Å². The molecule has 3 aromatic rings. The maximum absolute atomic E-state index is 13.4. The van der Waals surface area contributed by atoms with E-state index < -0.39 is 17.7 Å². The highest BCUT2D eigenvalue weighted by Crippen LogP contribution is 2.40. The first-order valence-corrected chi connectivity index (χ1v) is 11.0. The van der Waals surface area contributed by atoms with Crippen LogP contribution >= 0.6 is 0 Å². The number of hydrogen-bond acceptors (Lipinski definition) is 8. The van der Waals surface area contributed by atoms with Gasteiger partial charge < -0.3 is 19.1 Å². The molecule has 2 N–H and O–H groups in total. The second-order valence-corrected chi connectivity index (χ2v) is 8.25. The molecule has 1 amide bonds. The molecule has 0 unspecified atom stereocenters. The first-order valence-electron chi connectivity index (χ1n) is 11.0. The molecule has 2 aliphatic heterocycles. The zero-order valence-corrected chi connectivity index (χ0v) is 18.9. The third-order valence-corrected chi connectivity index (χ3v) is 6.53. The molecule has 0 saturated carbocycles. The molecular weight excluding hydrogens is 442 g/mol. The van der Waals surface area contributed by atoms with Crippen molar-refractivity contribution in [3.05, 3.63) is 56.9 Å². The lowest BCUT2D eigenvalue weighted by atomic mass is 9.86. The Morgan fingerprint density at radius 3 is 2.76 bits per heavy atom. The highest BCUT2D eigenvalue weighted by molar-refractivity contribution is 5.90. The number of fused-ring (bicyclic) bond motifs is 5. The Morgan fingerprint density at radius 1 is 1.26 bits per heavy atom. The van der Waals surface area contributed by atoms with Crippen LogP contribution in [0.1, 0.15) is 42.5 Å². The highest BCUT2D eigenvalue weighted by atomic mass is 16.7. The van der Waals surface area contributed by atoms with Gasteiger partial charge in [0, 0.05) is 16.5 Å². The Balaban J connectivity index is 1.69. The van der Waals surface area contributed by atoms with Crippen LogP contribution in [0.3, 0.4) is 0 Å². The van der Waals surface area contributed by atoms with Crippen LogP contribution in [0, 0.1) is 0 Å². The topological polar surface area (TPSA) is 129 Å². The summed E-state index contributed by atoms with van der Waals surface area (Å²) in [6, 6.07) is 6.79. The summed E-state index contributed by atoms with van der Waals surface area (Å²) < 4.78 is 12.0. The number of hydrogen-bond donors (Lipinski definition) is 2. The van der Waals surface area contributed by atoms with Crippen LogP contribution in [0.15, 0.2) is 29.1 Å². The van der Waals surface area contributed by atoms with Crippen LogP contribution in [-0.2, 0) is 39.5 Å². The molecule has 0 saturated heterocycles. The average molecular weight is 465 g/mol. The number of hydroxylamine groups is 1. The van der Waals surface area contributed by atoms with E-state index in [1.54, 1.807) is 35.8 Å². The molecule has 1 aromatic carbocycles. The Hall–Kier alpha value is -3.76. The number of carbonyl (C=O) groups is 2. The van der Waals surface area contributed by atoms with E-state index in [4.69, 9.17) is 14.5 Å². The van der Waals surface area contributed by atoms with Crippen molar-refractivity contribution in [3.63, 3.8) is 0 Å². The number of nitrogens with zero attached hydrogens (tertiary/aromatic N) is 2. The number of benzene rings is 1. The summed E-state index contributed by atoms with van der Waals surface area (Å²) in [6.07, 6.45) is -0.0177. The van der Waals surface area contributed by atoms with Crippen LogP contribution in [0.4, 0.5) is 4.79 Å². The molecule has 0 aliphatic carbocycles. The summed E-state index contributed by atoms with van der Waals surface area (Å²) in [5.41, 5.74) is 4.18. The van der Waals surface area contributed by atoms with Crippen molar-refractivity contribution in [2.75, 3.05) is 7.11 Å². The van der Waals surface area contributed by atoms with Gasteiger partial charge in [-0.3, -0.25) is 9.63 Å². The number of aliphatic hydroxyl groups is 1. The van der Waals surface area contributed by atoms with Gasteiger partial charge in [0.1, 0.15) is 12.4 Å². The van der Waals surface area contributed by atoms with Gasteiger partial charge in [-0.05, 0) is 42.7 Å². The fourth-order valence-electron chi connectivity index (χ4n) is 4.82. The van der Waals surface area contributed by atoms with Gasteiger partial charge in [0.2, 0.25) is 0 Å². The lowest BCUT2D eigenvalue weighted by Crippen LogP contribution is -2.44. The molecule has 2 aliphatic rings. The largest absolute Gasteiger partial charge is 0.458 e. The Morgan fingerprint density at radius 2 is 2.06 bits per heavy atom. The lowest BCUT2D eigenvalue weighted by Gasteiger charge is -2.31. The Labute approximate surface area is 194 Å². The smallest absolute Gasteiger partial charge is 0.436 e. The SMILES string of the molecule is CCc1c2c(nc3ccc(OC(=O)NOC)cc13)-c1cc3c(c(=O)n1C2)COC(=O)[C@]3(O)CC. The molecular formula is C24H23N3O7. The maximum atomic E-state index is 13.4. The normalized spacial score (nSPS) is 18.2. The fraction of sp³-hybridized carbons (Fsp3) is 0.333. The number of cyclic esters (lactones) is 1. The van der Waals surface area contributed by atoms with E-state index in [0.717, 1.165) is 16.5 Å². The standard InChI is InChI=1S/C24H23N3O7/c1-4-13-14-8-12(34-23(30)26-32-3)6-7-18(14)25-20-15(13)10-27-19(20)9-17-16(21(27)28)11-33-22(29)24(17,31)5-2/h6-9,31H,4-5,10-11H2,1-3H3,(H,26,30)/t24-/m0/s1. The summed E-state index contributed by atoms with van der Waals surface area (Å²) in [5.74, 6) is -0.429. The monoisotopic (exact) mass is 465 g/mol. The van der Waals surface area contributed by atoms with Crippen molar-refractivity contribution in [1.29, 1.82) is 0 Å². The van der Waals surface area contributed by atoms with Crippen LogP contribution in [0.25, 0.3) is 22.3 Å². The molecule has 10 nitrogen and oxygen atoms in total. The first kappa shape index (κ1) is 22.1. The van der Waals surface area contributed by atoms with Gasteiger partial charge >= 0.3 is 12.1 Å². The summed E-state index contributed by atoms with van der Waals surface area (Å²) in [4.78, 5) is 46.8. The minimum absolute atomic E-state index is 0.0827. The van der Waals surface area contributed by atoms with Gasteiger partial charge in [0.25, 0.3) is 5.56 Å². The van der Waals surface area contributed by atoms with Gasteiger partial charge in [0.05, 0.1) is 36.1 Å². The van der Waals surface area contributed by atoms with Crippen molar-refractivity contribution in [2.24, 2.45) is 0 Å². The third kappa shape index (κ3) is 3.10. The zero-order valence-electron chi connectivity index (χ0n) is 18.9. The molecule has 0 radical (unpaired) electrons. The molecule has 10 heteroatoms. The molecule has 0 fully saturated rings. The quantitative estimate of drug-likeness (QED) is 0.347. The van der Waals surface area contributed by atoms with Gasteiger partial charge in [-0.1, -0.05) is 13.8 Å². The number of aryl methyl sites for hydroxylation is 1. The Bertz CT molecular complexity index is 1430. The first-order chi connectivity index (χ1) is 16.3. The number of rotatable bonds is 4. The number of ether oxygens (including phenoxy) is 2. The lowest BCUT2D eigenvalue weighted by molar-refractivity contribution is -0.172. The predicted octanol–water partition coefficient (Wildman–Crippen LogP) is 2.29. The number of esters is 1. The van der Waals surface area contributed by atoms with E-state index in [-0.39, 0.29) is 29.7 Å². The molecule has 5 rings (SSSR count). The molecule has 0 bridgehead atoms. The van der Waals surface area contributed by atoms with Crippen LogP contribution in [0.5, 0.6) is 5.75 Å². The van der Waals surface area contributed by atoms with Crippen molar-refractivity contribution >= 4 is 23.0 Å². The molecule has 1 atom stereocenters. The van der Waals surface area contributed by atoms with E-state index in [2.05, 4.69) is 10.3 Å². The van der Waals surface area contributed by atoms with E-state index in [1.165, 1.54) is 7.11 Å². The molecule has 176 valence electrons. The predicted molar refractivity (Wildman–Crippen MR) is 120 cm³/mol. The highest BCUT2D eigenvalue weighted by Gasteiger charge is 2.45. The van der Waals surface area contributed by atoms with Crippen molar-refractivity contribution in [2.45, 2.75) is 45.4 Å². The number of carbonyl (C=O) groups excluding carboxylic acids is 2. The maximum Gasteiger partial charge on any atom is 0.436 e. The number of amides is 1. The second kappa shape index (κ2) is 7.93. The van der Waals surface area contributed by atoms with Gasteiger partial charge in [0.15, 0.2) is 5.60 Å². The van der Waals surface area contributed by atoms with Crippen molar-refractivity contribution < 1.29 is 29.0 Å². The van der Waals surface area contributed by atoms with Crippen molar-refractivity contribution in [1.82, 2.24) is 15.0 Å². The summed E-state index contributed by atoms with van der Waals surface area (Å²) in [6.45, 7) is 3.80. The number of nitrogens with one attached hydrogen (secondary N) is 1. The van der Waals surface area contributed by atoms with Crippen molar-refractivity contribution in [3.8, 4) is 17.1 Å². The molecule has 34 heavy (non-hydrogen) atoms. The van der Waals surface area contributed by atoms with E-state index in [1.807, 2.05) is 6.92 Å². The summed E-state index contributed by atoms with van der Waals surface area (Å²) in [7, 11) is 1.31. The van der Waals surface area contributed by atoms with Crippen LogP contribution in [0.2, 0.25) is 0 Å². The van der Waals surface area contributed by atoms with E-state index >= 15 is 0 Å². The van der Waals surface area contributed by atoms with Crippen LogP contribution < -0.4 is 15.8 Å². The minimum atomic E-state index is -1.87. The fourth-order valence-corrected chi connectivity index (χ4v) is 4.82. The second-order valence-electron chi connectivity index (χ2n) is 8.25. The molecule has 2 aromatic heterocycles.